The Bertz CT molecular complexity index is 408. The molecule has 0 unspecified atom stereocenters. The summed E-state index contributed by atoms with van der Waals surface area (Å²) in [6.45, 7) is 1.25. The van der Waals surface area contributed by atoms with Crippen molar-refractivity contribution in [2.24, 2.45) is 0 Å². The Morgan fingerprint density at radius 1 is 1.26 bits per heavy atom. The Balaban J connectivity index is 0.000000711. The van der Waals surface area contributed by atoms with Crippen LogP contribution >= 0.6 is 0 Å². The fourth-order valence-electron chi connectivity index (χ4n) is 1.25. The van der Waals surface area contributed by atoms with E-state index >= 15 is 0 Å². The largest absolute Gasteiger partial charge is 0.493 e. The first-order chi connectivity index (χ1) is 9.04. The highest BCUT2D eigenvalue weighted by molar-refractivity contribution is 5.63. The van der Waals surface area contributed by atoms with Crippen LogP contribution in [0.25, 0.3) is 6.08 Å². The molecule has 19 heavy (non-hydrogen) atoms. The molecular formula is C14H20O5. The minimum atomic E-state index is -0.833. The first kappa shape index (κ1) is 17.0. The van der Waals surface area contributed by atoms with Crippen molar-refractivity contribution in [3.05, 3.63) is 29.8 Å². The molecule has 5 heteroatoms. The Labute approximate surface area is 113 Å². The van der Waals surface area contributed by atoms with E-state index < -0.39 is 5.97 Å². The normalized spacial score (nSPS) is 9.68. The maximum atomic E-state index is 9.00. The quantitative estimate of drug-likeness (QED) is 0.856. The summed E-state index contributed by atoms with van der Waals surface area (Å²) in [5, 5.41) is 16.0. The van der Waals surface area contributed by atoms with Gasteiger partial charge in [0.05, 0.1) is 14.2 Å². The van der Waals surface area contributed by atoms with Crippen molar-refractivity contribution in [1.29, 1.82) is 0 Å². The van der Waals surface area contributed by atoms with Gasteiger partial charge in [-0.1, -0.05) is 18.2 Å². The van der Waals surface area contributed by atoms with Gasteiger partial charge in [0.1, 0.15) is 0 Å². The van der Waals surface area contributed by atoms with Crippen LogP contribution < -0.4 is 9.47 Å². The number of aliphatic hydroxyl groups is 1. The van der Waals surface area contributed by atoms with Crippen LogP contribution in [0, 0.1) is 0 Å². The van der Waals surface area contributed by atoms with E-state index in [-0.39, 0.29) is 6.61 Å². The van der Waals surface area contributed by atoms with E-state index in [0.717, 1.165) is 18.2 Å². The molecule has 0 spiro atoms. The van der Waals surface area contributed by atoms with Gasteiger partial charge in [0, 0.05) is 13.5 Å². The summed E-state index contributed by atoms with van der Waals surface area (Å²) in [6, 6.07) is 5.69. The molecule has 0 amide bonds. The SMILES string of the molecule is CC(=O)O.COc1ccc(C=CCCO)cc1OC. The van der Waals surface area contributed by atoms with Gasteiger partial charge in [-0.25, -0.2) is 0 Å². The Morgan fingerprint density at radius 2 is 1.84 bits per heavy atom. The second-order valence-corrected chi connectivity index (χ2v) is 3.55. The lowest BCUT2D eigenvalue weighted by Crippen LogP contribution is -1.90. The van der Waals surface area contributed by atoms with Crippen molar-refractivity contribution in [3.8, 4) is 11.5 Å². The lowest BCUT2D eigenvalue weighted by Gasteiger charge is -2.07. The van der Waals surface area contributed by atoms with E-state index in [4.69, 9.17) is 24.5 Å². The molecule has 0 aliphatic heterocycles. The molecule has 0 atom stereocenters. The van der Waals surface area contributed by atoms with Crippen LogP contribution in [0.4, 0.5) is 0 Å². The van der Waals surface area contributed by atoms with Crippen LogP contribution in [-0.2, 0) is 4.79 Å². The number of carboxylic acid groups (broad SMARTS) is 1. The van der Waals surface area contributed by atoms with Gasteiger partial charge < -0.3 is 19.7 Å². The summed E-state index contributed by atoms with van der Waals surface area (Å²) in [4.78, 5) is 9.00. The number of rotatable bonds is 5. The predicted octanol–water partition coefficient (Wildman–Crippen LogP) is 2.19. The van der Waals surface area contributed by atoms with Crippen LogP contribution in [0.5, 0.6) is 11.5 Å². The average molecular weight is 268 g/mol. The zero-order valence-electron chi connectivity index (χ0n) is 11.4. The Morgan fingerprint density at radius 3 is 2.32 bits per heavy atom. The average Bonchev–Trinajstić information content (AvgIpc) is 2.38. The minimum absolute atomic E-state index is 0.170. The van der Waals surface area contributed by atoms with Crippen LogP contribution in [0.1, 0.15) is 18.9 Å². The van der Waals surface area contributed by atoms with Crippen LogP contribution in [0.2, 0.25) is 0 Å². The molecule has 0 aliphatic rings. The molecule has 0 saturated carbocycles. The fourth-order valence-corrected chi connectivity index (χ4v) is 1.25. The van der Waals surface area contributed by atoms with Gasteiger partial charge in [-0.3, -0.25) is 4.79 Å². The molecule has 1 aromatic carbocycles. The maximum Gasteiger partial charge on any atom is 0.300 e. The second-order valence-electron chi connectivity index (χ2n) is 3.55. The molecule has 5 nitrogen and oxygen atoms in total. The summed E-state index contributed by atoms with van der Waals surface area (Å²) < 4.78 is 10.3. The molecule has 0 bridgehead atoms. The van der Waals surface area contributed by atoms with E-state index in [1.54, 1.807) is 14.2 Å². The first-order valence-corrected chi connectivity index (χ1v) is 5.74. The summed E-state index contributed by atoms with van der Waals surface area (Å²) in [6.07, 6.45) is 4.52. The predicted molar refractivity (Wildman–Crippen MR) is 73.6 cm³/mol. The van der Waals surface area contributed by atoms with Crippen molar-refractivity contribution in [2.75, 3.05) is 20.8 Å². The number of carbonyl (C=O) groups is 1. The molecule has 0 radical (unpaired) electrons. The van der Waals surface area contributed by atoms with E-state index in [2.05, 4.69) is 0 Å². The van der Waals surface area contributed by atoms with E-state index in [9.17, 15) is 0 Å². The Kier molecular flexibility index (Phi) is 8.91. The van der Waals surface area contributed by atoms with Gasteiger partial charge in [-0.2, -0.15) is 0 Å². The van der Waals surface area contributed by atoms with E-state index in [1.165, 1.54) is 0 Å². The first-order valence-electron chi connectivity index (χ1n) is 5.74. The van der Waals surface area contributed by atoms with Crippen LogP contribution in [0.3, 0.4) is 0 Å². The summed E-state index contributed by atoms with van der Waals surface area (Å²) in [5.41, 5.74) is 1.03. The highest BCUT2D eigenvalue weighted by atomic mass is 16.5. The zero-order chi connectivity index (χ0) is 14.7. The van der Waals surface area contributed by atoms with Crippen molar-refractivity contribution >= 4 is 12.0 Å². The van der Waals surface area contributed by atoms with Gasteiger partial charge in [-0.05, 0) is 24.1 Å². The molecular weight excluding hydrogens is 248 g/mol. The van der Waals surface area contributed by atoms with Crippen molar-refractivity contribution < 1.29 is 24.5 Å². The van der Waals surface area contributed by atoms with Crippen LogP contribution in [-0.4, -0.2) is 37.0 Å². The Hall–Kier alpha value is -2.01. The zero-order valence-corrected chi connectivity index (χ0v) is 11.4. The van der Waals surface area contributed by atoms with E-state index in [1.807, 2.05) is 30.4 Å². The summed E-state index contributed by atoms with van der Waals surface area (Å²) in [5.74, 6) is 0.598. The maximum absolute atomic E-state index is 9.00. The highest BCUT2D eigenvalue weighted by Gasteiger charge is 2.01. The highest BCUT2D eigenvalue weighted by Crippen LogP contribution is 2.27. The number of hydrogen-bond donors (Lipinski definition) is 2. The third-order valence-electron chi connectivity index (χ3n) is 2.01. The summed E-state index contributed by atoms with van der Waals surface area (Å²) in [7, 11) is 3.22. The minimum Gasteiger partial charge on any atom is -0.493 e. The lowest BCUT2D eigenvalue weighted by atomic mass is 10.2. The molecule has 1 aromatic rings. The van der Waals surface area contributed by atoms with Gasteiger partial charge in [0.2, 0.25) is 0 Å². The van der Waals surface area contributed by atoms with Crippen molar-refractivity contribution in [2.45, 2.75) is 13.3 Å². The fraction of sp³-hybridized carbons (Fsp3) is 0.357. The van der Waals surface area contributed by atoms with Crippen molar-refractivity contribution in [1.82, 2.24) is 0 Å². The smallest absolute Gasteiger partial charge is 0.300 e. The van der Waals surface area contributed by atoms with Crippen molar-refractivity contribution in [3.63, 3.8) is 0 Å². The van der Waals surface area contributed by atoms with Gasteiger partial charge in [0.25, 0.3) is 5.97 Å². The molecule has 0 fully saturated rings. The van der Waals surface area contributed by atoms with Gasteiger partial charge >= 0.3 is 0 Å². The summed E-state index contributed by atoms with van der Waals surface area (Å²) >= 11 is 0. The molecule has 0 heterocycles. The molecule has 0 aliphatic carbocycles. The van der Waals surface area contributed by atoms with Crippen LogP contribution in [0.15, 0.2) is 24.3 Å². The molecule has 0 aromatic heterocycles. The molecule has 106 valence electrons. The third-order valence-corrected chi connectivity index (χ3v) is 2.01. The lowest BCUT2D eigenvalue weighted by molar-refractivity contribution is -0.134. The third kappa shape index (κ3) is 7.83. The van der Waals surface area contributed by atoms with E-state index in [0.29, 0.717) is 12.2 Å². The topological polar surface area (TPSA) is 76.0 Å². The number of aliphatic hydroxyl groups excluding tert-OH is 1. The number of methoxy groups -OCH3 is 2. The number of hydrogen-bond acceptors (Lipinski definition) is 4. The molecule has 0 saturated heterocycles. The number of aliphatic carboxylic acids is 1. The second kappa shape index (κ2) is 9.96. The van der Waals surface area contributed by atoms with Gasteiger partial charge in [0.15, 0.2) is 11.5 Å². The number of benzene rings is 1. The van der Waals surface area contributed by atoms with Gasteiger partial charge in [-0.15, -0.1) is 0 Å². The standard InChI is InChI=1S/C12H16O3.C2H4O2/c1-14-11-7-6-10(5-3-4-8-13)9-12(11)15-2;1-2(3)4/h3,5-7,9,13H,4,8H2,1-2H3;1H3,(H,3,4). The number of carboxylic acids is 1. The number of ether oxygens (including phenoxy) is 2. The molecule has 2 N–H and O–H groups in total. The monoisotopic (exact) mass is 268 g/mol. The molecule has 1 rings (SSSR count).